The van der Waals surface area contributed by atoms with Crippen LogP contribution in [0.25, 0.3) is 0 Å². The van der Waals surface area contributed by atoms with Gasteiger partial charge in [-0.3, -0.25) is 0 Å². The normalized spacial score (nSPS) is 27.6. The Hall–Kier alpha value is -0.570. The van der Waals surface area contributed by atoms with Gasteiger partial charge < -0.3 is 5.32 Å². The van der Waals surface area contributed by atoms with Crippen molar-refractivity contribution in [2.75, 3.05) is 12.4 Å². The van der Waals surface area contributed by atoms with Crippen molar-refractivity contribution in [1.29, 1.82) is 0 Å². The highest BCUT2D eigenvalue weighted by Gasteiger charge is 2.21. The van der Waals surface area contributed by atoms with Gasteiger partial charge in [-0.05, 0) is 24.7 Å². The minimum atomic E-state index is 0.776. The molecule has 0 aromatic carbocycles. The SMILES string of the molecule is CNc1ncc(C2CCCC(C)C2)s1. The molecule has 2 unspecified atom stereocenters. The standard InChI is InChI=1S/C11H18N2S/c1-8-4-3-5-9(6-8)10-7-13-11(12-2)14-10/h7-9H,3-6H2,1-2H3,(H,12,13). The molecule has 0 bridgehead atoms. The average molecular weight is 210 g/mol. The Morgan fingerprint density at radius 1 is 1.50 bits per heavy atom. The van der Waals surface area contributed by atoms with Crippen LogP contribution in [0.15, 0.2) is 6.20 Å². The van der Waals surface area contributed by atoms with Crippen molar-refractivity contribution in [3.8, 4) is 0 Å². The average Bonchev–Trinajstić information content (AvgIpc) is 2.66. The molecule has 0 spiro atoms. The van der Waals surface area contributed by atoms with E-state index in [-0.39, 0.29) is 0 Å². The lowest BCUT2D eigenvalue weighted by atomic mass is 9.82. The molecule has 1 heterocycles. The van der Waals surface area contributed by atoms with Gasteiger partial charge in [-0.15, -0.1) is 11.3 Å². The lowest BCUT2D eigenvalue weighted by Gasteiger charge is -2.25. The molecule has 1 aliphatic carbocycles. The first-order valence-electron chi connectivity index (χ1n) is 5.43. The number of anilines is 1. The first-order chi connectivity index (χ1) is 6.79. The third-order valence-corrected chi connectivity index (χ3v) is 4.25. The number of hydrogen-bond donors (Lipinski definition) is 1. The summed E-state index contributed by atoms with van der Waals surface area (Å²) in [6.07, 6.45) is 7.56. The number of rotatable bonds is 2. The molecule has 0 aliphatic heterocycles. The van der Waals surface area contributed by atoms with Crippen LogP contribution in [-0.4, -0.2) is 12.0 Å². The third kappa shape index (κ3) is 2.08. The number of aromatic nitrogens is 1. The molecule has 2 rings (SSSR count). The quantitative estimate of drug-likeness (QED) is 0.808. The smallest absolute Gasteiger partial charge is 0.182 e. The molecule has 1 aliphatic rings. The summed E-state index contributed by atoms with van der Waals surface area (Å²) in [5.74, 6) is 1.67. The van der Waals surface area contributed by atoms with E-state index in [4.69, 9.17) is 0 Å². The van der Waals surface area contributed by atoms with Crippen molar-refractivity contribution >= 4 is 16.5 Å². The highest BCUT2D eigenvalue weighted by molar-refractivity contribution is 7.15. The van der Waals surface area contributed by atoms with Gasteiger partial charge in [0.25, 0.3) is 0 Å². The van der Waals surface area contributed by atoms with Crippen molar-refractivity contribution in [2.24, 2.45) is 5.92 Å². The Kier molecular flexibility index (Phi) is 3.06. The van der Waals surface area contributed by atoms with Crippen LogP contribution in [0.4, 0.5) is 5.13 Å². The first-order valence-corrected chi connectivity index (χ1v) is 6.24. The molecule has 1 aromatic rings. The van der Waals surface area contributed by atoms with Crippen LogP contribution in [0.3, 0.4) is 0 Å². The van der Waals surface area contributed by atoms with Crippen LogP contribution >= 0.6 is 11.3 Å². The molecule has 0 saturated heterocycles. The summed E-state index contributed by atoms with van der Waals surface area (Å²) in [7, 11) is 1.94. The summed E-state index contributed by atoms with van der Waals surface area (Å²) in [5, 5.41) is 4.16. The Morgan fingerprint density at radius 3 is 3.00 bits per heavy atom. The zero-order valence-corrected chi connectivity index (χ0v) is 9.73. The Labute approximate surface area is 89.8 Å². The van der Waals surface area contributed by atoms with E-state index in [1.165, 1.54) is 30.6 Å². The minimum Gasteiger partial charge on any atom is -0.365 e. The number of nitrogens with one attached hydrogen (secondary N) is 1. The van der Waals surface area contributed by atoms with Crippen molar-refractivity contribution in [1.82, 2.24) is 4.98 Å². The second kappa shape index (κ2) is 4.30. The Morgan fingerprint density at radius 2 is 2.36 bits per heavy atom. The maximum atomic E-state index is 4.34. The molecule has 1 saturated carbocycles. The van der Waals surface area contributed by atoms with Crippen molar-refractivity contribution in [3.63, 3.8) is 0 Å². The molecule has 1 N–H and O–H groups in total. The number of nitrogens with zero attached hydrogens (tertiary/aromatic N) is 1. The molecule has 2 atom stereocenters. The topological polar surface area (TPSA) is 24.9 Å². The lowest BCUT2D eigenvalue weighted by Crippen LogP contribution is -2.10. The molecular formula is C11H18N2S. The molecule has 0 amide bonds. The van der Waals surface area contributed by atoms with Gasteiger partial charge >= 0.3 is 0 Å². The molecule has 1 fully saturated rings. The predicted molar refractivity (Wildman–Crippen MR) is 62.0 cm³/mol. The van der Waals surface area contributed by atoms with Gasteiger partial charge in [0, 0.05) is 18.1 Å². The van der Waals surface area contributed by atoms with Crippen molar-refractivity contribution in [2.45, 2.75) is 38.5 Å². The Bertz CT molecular complexity index is 295. The summed E-state index contributed by atoms with van der Waals surface area (Å²) in [6, 6.07) is 0. The van der Waals surface area contributed by atoms with E-state index in [2.05, 4.69) is 23.4 Å². The van der Waals surface area contributed by atoms with E-state index in [1.807, 2.05) is 18.4 Å². The number of hydrogen-bond acceptors (Lipinski definition) is 3. The van der Waals surface area contributed by atoms with Gasteiger partial charge in [-0.25, -0.2) is 4.98 Å². The van der Waals surface area contributed by atoms with Gasteiger partial charge in [-0.2, -0.15) is 0 Å². The van der Waals surface area contributed by atoms with Crippen LogP contribution in [-0.2, 0) is 0 Å². The zero-order valence-electron chi connectivity index (χ0n) is 8.92. The van der Waals surface area contributed by atoms with E-state index in [1.54, 1.807) is 0 Å². The summed E-state index contributed by atoms with van der Waals surface area (Å²) in [5.41, 5.74) is 0. The van der Waals surface area contributed by atoms with Gasteiger partial charge in [0.15, 0.2) is 5.13 Å². The maximum absolute atomic E-state index is 4.34. The van der Waals surface area contributed by atoms with Crippen LogP contribution < -0.4 is 5.32 Å². The van der Waals surface area contributed by atoms with E-state index >= 15 is 0 Å². The monoisotopic (exact) mass is 210 g/mol. The molecule has 0 radical (unpaired) electrons. The highest BCUT2D eigenvalue weighted by Crippen LogP contribution is 2.38. The third-order valence-electron chi connectivity index (χ3n) is 3.08. The molecule has 14 heavy (non-hydrogen) atoms. The van der Waals surface area contributed by atoms with E-state index in [0.29, 0.717) is 0 Å². The molecular weight excluding hydrogens is 192 g/mol. The van der Waals surface area contributed by atoms with Crippen LogP contribution in [0.2, 0.25) is 0 Å². The van der Waals surface area contributed by atoms with Gasteiger partial charge in [0.2, 0.25) is 0 Å². The van der Waals surface area contributed by atoms with Crippen molar-refractivity contribution < 1.29 is 0 Å². The fraction of sp³-hybridized carbons (Fsp3) is 0.727. The van der Waals surface area contributed by atoms with Gasteiger partial charge in [0.1, 0.15) is 0 Å². The highest BCUT2D eigenvalue weighted by atomic mass is 32.1. The summed E-state index contributed by atoms with van der Waals surface area (Å²) < 4.78 is 0. The summed E-state index contributed by atoms with van der Waals surface area (Å²) in [4.78, 5) is 5.82. The van der Waals surface area contributed by atoms with Gasteiger partial charge in [-0.1, -0.05) is 19.8 Å². The summed E-state index contributed by atoms with van der Waals surface area (Å²) in [6.45, 7) is 2.37. The van der Waals surface area contributed by atoms with Crippen LogP contribution in [0.1, 0.15) is 43.4 Å². The molecule has 1 aromatic heterocycles. The number of thiazole rings is 1. The van der Waals surface area contributed by atoms with Gasteiger partial charge in [0.05, 0.1) is 0 Å². The summed E-state index contributed by atoms with van der Waals surface area (Å²) >= 11 is 1.82. The predicted octanol–water partition coefficient (Wildman–Crippen LogP) is 3.48. The first kappa shape index (κ1) is 9.97. The largest absolute Gasteiger partial charge is 0.365 e. The zero-order chi connectivity index (χ0) is 9.97. The Balaban J connectivity index is 2.06. The second-order valence-electron chi connectivity index (χ2n) is 4.29. The minimum absolute atomic E-state index is 0.776. The second-order valence-corrected chi connectivity index (χ2v) is 5.35. The van der Waals surface area contributed by atoms with E-state index < -0.39 is 0 Å². The molecule has 78 valence electrons. The van der Waals surface area contributed by atoms with E-state index in [0.717, 1.165) is 17.0 Å². The fourth-order valence-electron chi connectivity index (χ4n) is 2.28. The lowest BCUT2D eigenvalue weighted by molar-refractivity contribution is 0.347. The molecule has 2 nitrogen and oxygen atoms in total. The van der Waals surface area contributed by atoms with Crippen molar-refractivity contribution in [3.05, 3.63) is 11.1 Å². The maximum Gasteiger partial charge on any atom is 0.182 e. The van der Waals surface area contributed by atoms with Crippen LogP contribution in [0, 0.1) is 5.92 Å². The fourth-order valence-corrected chi connectivity index (χ4v) is 3.20. The van der Waals surface area contributed by atoms with E-state index in [9.17, 15) is 0 Å². The van der Waals surface area contributed by atoms with Crippen LogP contribution in [0.5, 0.6) is 0 Å². The molecule has 3 heteroatoms.